The molecule has 1 aliphatic rings. The number of carbonyl (C=O) groups excluding carboxylic acids is 1. The molecule has 38 heavy (non-hydrogen) atoms. The molecule has 0 saturated carbocycles. The van der Waals surface area contributed by atoms with E-state index in [4.69, 9.17) is 14.6 Å². The van der Waals surface area contributed by atoms with Crippen LogP contribution in [0.25, 0.3) is 5.69 Å². The number of hydrogen-bond donors (Lipinski definition) is 0. The summed E-state index contributed by atoms with van der Waals surface area (Å²) in [5.41, 5.74) is 6.33. The van der Waals surface area contributed by atoms with Crippen LogP contribution in [0.2, 0.25) is 0 Å². The Balaban J connectivity index is 1.43. The molecule has 196 valence electrons. The van der Waals surface area contributed by atoms with Crippen molar-refractivity contribution in [2.75, 3.05) is 27.3 Å². The lowest BCUT2D eigenvalue weighted by molar-refractivity contribution is 0.0749. The molecule has 0 fully saturated rings. The summed E-state index contributed by atoms with van der Waals surface area (Å²) < 4.78 is 12.6. The van der Waals surface area contributed by atoms with Crippen LogP contribution < -0.4 is 9.47 Å². The van der Waals surface area contributed by atoms with Crippen molar-refractivity contribution in [3.05, 3.63) is 107 Å². The first-order valence-electron chi connectivity index (χ1n) is 13.0. The van der Waals surface area contributed by atoms with Crippen molar-refractivity contribution >= 4 is 5.91 Å². The van der Waals surface area contributed by atoms with E-state index in [1.807, 2.05) is 66.4 Å². The van der Waals surface area contributed by atoms with Crippen LogP contribution in [0.3, 0.4) is 0 Å². The molecule has 0 radical (unpaired) electrons. The third kappa shape index (κ3) is 5.43. The Hall–Kier alpha value is -4.10. The Kier molecular flexibility index (Phi) is 7.75. The number of amides is 1. The van der Waals surface area contributed by atoms with Gasteiger partial charge in [0, 0.05) is 43.7 Å². The van der Waals surface area contributed by atoms with Gasteiger partial charge in [0.1, 0.15) is 11.5 Å². The fraction of sp³-hybridized carbons (Fsp3) is 0.290. The molecule has 7 heteroatoms. The lowest BCUT2D eigenvalue weighted by Crippen LogP contribution is -2.33. The highest BCUT2D eigenvalue weighted by Gasteiger charge is 2.27. The number of aromatic nitrogens is 2. The third-order valence-corrected chi connectivity index (χ3v) is 7.13. The van der Waals surface area contributed by atoms with Crippen molar-refractivity contribution in [2.24, 2.45) is 0 Å². The summed E-state index contributed by atoms with van der Waals surface area (Å²) >= 11 is 0. The molecule has 1 aromatic heterocycles. The molecular formula is C31H34N4O3. The number of methoxy groups -OCH3 is 2. The van der Waals surface area contributed by atoms with Crippen LogP contribution in [0.4, 0.5) is 0 Å². The van der Waals surface area contributed by atoms with Gasteiger partial charge in [-0.2, -0.15) is 5.10 Å². The molecule has 1 aliphatic heterocycles. The summed E-state index contributed by atoms with van der Waals surface area (Å²) in [4.78, 5) is 17.7. The van der Waals surface area contributed by atoms with Gasteiger partial charge in [0.05, 0.1) is 37.8 Å². The molecular weight excluding hydrogens is 476 g/mol. The molecule has 3 aromatic carbocycles. The molecule has 0 unspecified atom stereocenters. The van der Waals surface area contributed by atoms with Crippen LogP contribution in [-0.2, 0) is 26.1 Å². The van der Waals surface area contributed by atoms with Gasteiger partial charge in [-0.3, -0.25) is 9.69 Å². The average molecular weight is 511 g/mol. The molecule has 1 amide bonds. The fourth-order valence-electron chi connectivity index (χ4n) is 5.00. The number of para-hydroxylation sites is 1. The number of nitrogens with zero attached hydrogens (tertiary/aromatic N) is 4. The normalized spacial score (nSPS) is 13.1. The van der Waals surface area contributed by atoms with Crippen LogP contribution in [0.5, 0.6) is 11.5 Å². The molecule has 0 atom stereocenters. The summed E-state index contributed by atoms with van der Waals surface area (Å²) in [6.45, 7) is 5.64. The summed E-state index contributed by atoms with van der Waals surface area (Å²) in [5, 5.41) is 5.08. The number of fused-ring (bicyclic) bond motifs is 1. The van der Waals surface area contributed by atoms with E-state index in [2.05, 4.69) is 33.8 Å². The van der Waals surface area contributed by atoms with Crippen LogP contribution >= 0.6 is 0 Å². The summed E-state index contributed by atoms with van der Waals surface area (Å²) in [6.07, 6.45) is 0.895. The lowest BCUT2D eigenvalue weighted by Gasteiger charge is -2.28. The maximum atomic E-state index is 13.4. The zero-order valence-electron chi connectivity index (χ0n) is 22.3. The van der Waals surface area contributed by atoms with E-state index < -0.39 is 0 Å². The highest BCUT2D eigenvalue weighted by atomic mass is 16.5. The Morgan fingerprint density at radius 2 is 1.58 bits per heavy atom. The van der Waals surface area contributed by atoms with E-state index in [1.165, 1.54) is 16.8 Å². The van der Waals surface area contributed by atoms with E-state index in [1.54, 1.807) is 14.2 Å². The second kappa shape index (κ2) is 11.5. The summed E-state index contributed by atoms with van der Waals surface area (Å²) in [5.74, 6) is 1.59. The van der Waals surface area contributed by atoms with E-state index >= 15 is 0 Å². The van der Waals surface area contributed by atoms with Gasteiger partial charge in [-0.1, -0.05) is 30.3 Å². The molecule has 2 heterocycles. The predicted octanol–water partition coefficient (Wildman–Crippen LogP) is 5.11. The first kappa shape index (κ1) is 25.5. The summed E-state index contributed by atoms with van der Waals surface area (Å²) in [7, 11) is 3.31. The van der Waals surface area contributed by atoms with E-state index in [-0.39, 0.29) is 5.91 Å². The maximum Gasteiger partial charge on any atom is 0.254 e. The van der Waals surface area contributed by atoms with Crippen molar-refractivity contribution in [3.63, 3.8) is 0 Å². The fourth-order valence-corrected chi connectivity index (χ4v) is 5.00. The van der Waals surface area contributed by atoms with Gasteiger partial charge in [0.2, 0.25) is 0 Å². The van der Waals surface area contributed by atoms with Crippen LogP contribution in [0.1, 0.15) is 39.8 Å². The Bertz CT molecular complexity index is 1370. The second-order valence-electron chi connectivity index (χ2n) is 9.48. The monoisotopic (exact) mass is 510 g/mol. The molecule has 0 saturated heterocycles. The lowest BCUT2D eigenvalue weighted by atomic mass is 10.0. The molecule has 4 aromatic rings. The molecule has 0 aliphatic carbocycles. The number of carbonyl (C=O) groups is 1. The molecule has 5 rings (SSSR count). The third-order valence-electron chi connectivity index (χ3n) is 7.13. The number of benzene rings is 3. The van der Waals surface area contributed by atoms with Crippen LogP contribution in [0.15, 0.2) is 78.9 Å². The first-order valence-corrected chi connectivity index (χ1v) is 13.0. The van der Waals surface area contributed by atoms with E-state index in [0.717, 1.165) is 48.9 Å². The number of rotatable bonds is 9. The van der Waals surface area contributed by atoms with Gasteiger partial charge in [-0.15, -0.1) is 0 Å². The van der Waals surface area contributed by atoms with E-state index in [0.29, 0.717) is 18.7 Å². The highest BCUT2D eigenvalue weighted by molar-refractivity contribution is 5.94. The smallest absolute Gasteiger partial charge is 0.254 e. The zero-order valence-corrected chi connectivity index (χ0v) is 22.3. The van der Waals surface area contributed by atoms with Gasteiger partial charge < -0.3 is 14.4 Å². The quantitative estimate of drug-likeness (QED) is 0.313. The van der Waals surface area contributed by atoms with Crippen LogP contribution in [0, 0.1) is 0 Å². The molecule has 7 nitrogen and oxygen atoms in total. The van der Waals surface area contributed by atoms with Crippen LogP contribution in [-0.4, -0.2) is 52.8 Å². The van der Waals surface area contributed by atoms with Crippen molar-refractivity contribution in [3.8, 4) is 17.2 Å². The first-order chi connectivity index (χ1) is 18.6. The molecule has 0 N–H and O–H groups in total. The minimum Gasteiger partial charge on any atom is -0.497 e. The van der Waals surface area contributed by atoms with E-state index in [9.17, 15) is 4.79 Å². The van der Waals surface area contributed by atoms with Crippen molar-refractivity contribution < 1.29 is 14.3 Å². The zero-order chi connectivity index (χ0) is 26.5. The van der Waals surface area contributed by atoms with Gasteiger partial charge in [-0.05, 0) is 61.0 Å². The van der Waals surface area contributed by atoms with Gasteiger partial charge in [-0.25, -0.2) is 4.68 Å². The standard InChI is InChI=1S/C31H34N4O3/c1-4-34(31(36)24-12-16-27(38-3)17-13-24)22-29-28-21-33(20-23-10-14-26(37-2)15-11-23)19-18-30(28)35(32-29)25-8-6-5-7-9-25/h5-17H,4,18-22H2,1-3H3. The SMILES string of the molecule is CCN(Cc1nn(-c2ccccc2)c2c1CN(Cc1ccc(OC)cc1)CC2)C(=O)c1ccc(OC)cc1. The summed E-state index contributed by atoms with van der Waals surface area (Å²) in [6, 6.07) is 25.8. The number of hydrogen-bond acceptors (Lipinski definition) is 5. The maximum absolute atomic E-state index is 13.4. The predicted molar refractivity (Wildman–Crippen MR) is 148 cm³/mol. The van der Waals surface area contributed by atoms with Crippen molar-refractivity contribution in [1.82, 2.24) is 19.6 Å². The van der Waals surface area contributed by atoms with Crippen molar-refractivity contribution in [1.29, 1.82) is 0 Å². The number of ether oxygens (including phenoxy) is 2. The van der Waals surface area contributed by atoms with Crippen molar-refractivity contribution in [2.45, 2.75) is 33.0 Å². The molecule has 0 bridgehead atoms. The van der Waals surface area contributed by atoms with Gasteiger partial charge in [0.15, 0.2) is 0 Å². The Morgan fingerprint density at radius 1 is 0.921 bits per heavy atom. The minimum absolute atomic E-state index is 0.0101. The minimum atomic E-state index is -0.0101. The topological polar surface area (TPSA) is 59.8 Å². The molecule has 0 spiro atoms. The van der Waals surface area contributed by atoms with Gasteiger partial charge >= 0.3 is 0 Å². The largest absolute Gasteiger partial charge is 0.497 e. The highest BCUT2D eigenvalue weighted by Crippen LogP contribution is 2.28. The average Bonchev–Trinajstić information content (AvgIpc) is 3.34. The Morgan fingerprint density at radius 3 is 2.21 bits per heavy atom. The second-order valence-corrected chi connectivity index (χ2v) is 9.48. The van der Waals surface area contributed by atoms with Gasteiger partial charge in [0.25, 0.3) is 5.91 Å². The Labute approximate surface area is 224 Å².